The smallest absolute Gasteiger partial charge is 0.421 e. The van der Waals surface area contributed by atoms with Crippen LogP contribution in [0.3, 0.4) is 0 Å². The van der Waals surface area contributed by atoms with Crippen molar-refractivity contribution in [2.24, 2.45) is 11.1 Å². The fraction of sp³-hybridized carbons (Fsp3) is 0.550. The number of urea groups is 1. The summed E-state index contributed by atoms with van der Waals surface area (Å²) >= 11 is 0. The highest BCUT2D eigenvalue weighted by Crippen LogP contribution is 2.31. The van der Waals surface area contributed by atoms with E-state index >= 15 is 0 Å². The predicted molar refractivity (Wildman–Crippen MR) is 111 cm³/mol. The van der Waals surface area contributed by atoms with Gasteiger partial charge in [-0.1, -0.05) is 32.0 Å². The van der Waals surface area contributed by atoms with Crippen LogP contribution in [0.5, 0.6) is 0 Å². The molecule has 2 fully saturated rings. The lowest BCUT2D eigenvalue weighted by molar-refractivity contribution is -0.122. The van der Waals surface area contributed by atoms with Crippen LogP contribution in [0.2, 0.25) is 0 Å². The van der Waals surface area contributed by atoms with Gasteiger partial charge >= 0.3 is 22.4 Å². The maximum Gasteiger partial charge on any atom is 0.421 e. The molecule has 0 radical (unpaired) electrons. The highest BCUT2D eigenvalue weighted by atomic mass is 32.3. The number of nitrogens with two attached hydrogens (primary N) is 1. The number of hydrogen-bond acceptors (Lipinski definition) is 8. The molecule has 2 heterocycles. The predicted octanol–water partition coefficient (Wildman–Crippen LogP) is 1.21. The number of carbonyl (C=O) groups excluding carboxylic acids is 3. The van der Waals surface area contributed by atoms with Crippen molar-refractivity contribution in [3.05, 3.63) is 35.9 Å². The van der Waals surface area contributed by atoms with E-state index in [1.54, 1.807) is 44.2 Å². The molecule has 3 rings (SSSR count). The van der Waals surface area contributed by atoms with Crippen LogP contribution in [-0.4, -0.2) is 68.1 Å². The third-order valence-corrected chi connectivity index (χ3v) is 6.19. The Labute approximate surface area is 186 Å². The second kappa shape index (κ2) is 9.43. The number of piperidine rings is 1. The van der Waals surface area contributed by atoms with Gasteiger partial charge in [0.25, 0.3) is 0 Å². The maximum atomic E-state index is 12.5. The summed E-state index contributed by atoms with van der Waals surface area (Å²) in [5, 5.41) is 0.729. The van der Waals surface area contributed by atoms with Crippen LogP contribution in [-0.2, 0) is 28.4 Å². The number of rotatable bonds is 10. The van der Waals surface area contributed by atoms with Crippen LogP contribution in [0, 0.1) is 5.41 Å². The summed E-state index contributed by atoms with van der Waals surface area (Å²) < 4.78 is 39.7. The molecule has 0 aromatic heterocycles. The lowest BCUT2D eigenvalue weighted by Crippen LogP contribution is -2.47. The first kappa shape index (κ1) is 24.0. The largest absolute Gasteiger partial charge is 0.462 e. The molecule has 2 saturated heterocycles. The van der Waals surface area contributed by atoms with Crippen LogP contribution < -0.4 is 5.73 Å². The molecule has 2 bridgehead atoms. The first-order chi connectivity index (χ1) is 15.0. The third kappa shape index (κ3) is 5.75. The Morgan fingerprint density at radius 1 is 1.19 bits per heavy atom. The molecule has 2 aliphatic heterocycles. The number of carbonyl (C=O) groups is 3. The molecule has 2 atom stereocenters. The average Bonchev–Trinajstić information content (AvgIpc) is 2.97. The number of esters is 1. The number of hydrogen-bond donors (Lipinski definition) is 1. The van der Waals surface area contributed by atoms with Gasteiger partial charge in [0, 0.05) is 6.54 Å². The SMILES string of the molecule is CC(C)(CCOC(=O)c1ccccc1)COS(=O)(=O)ON1C(=O)N2CC1CCC2C(N)=O. The topological polar surface area (TPSA) is 146 Å². The van der Waals surface area contributed by atoms with Crippen molar-refractivity contribution in [3.63, 3.8) is 0 Å². The van der Waals surface area contributed by atoms with Gasteiger partial charge in [0.15, 0.2) is 0 Å². The van der Waals surface area contributed by atoms with E-state index in [0.29, 0.717) is 24.8 Å². The fourth-order valence-electron chi connectivity index (χ4n) is 3.53. The summed E-state index contributed by atoms with van der Waals surface area (Å²) in [6.07, 6.45) is 1.05. The number of hydroxylamine groups is 2. The summed E-state index contributed by atoms with van der Waals surface area (Å²) in [6, 6.07) is 6.47. The van der Waals surface area contributed by atoms with Crippen molar-refractivity contribution in [1.29, 1.82) is 0 Å². The first-order valence-corrected chi connectivity index (χ1v) is 11.5. The van der Waals surface area contributed by atoms with Gasteiger partial charge in [-0.05, 0) is 36.8 Å². The van der Waals surface area contributed by atoms with Crippen molar-refractivity contribution in [3.8, 4) is 0 Å². The summed E-state index contributed by atoms with van der Waals surface area (Å²) in [4.78, 5) is 37.1. The molecule has 0 saturated carbocycles. The van der Waals surface area contributed by atoms with E-state index in [1.807, 2.05) is 0 Å². The van der Waals surface area contributed by atoms with Crippen LogP contribution in [0.25, 0.3) is 0 Å². The van der Waals surface area contributed by atoms with E-state index in [4.69, 9.17) is 18.9 Å². The molecule has 2 aliphatic rings. The summed E-state index contributed by atoms with van der Waals surface area (Å²) in [7, 11) is -4.54. The third-order valence-electron chi connectivity index (χ3n) is 5.44. The molecule has 11 nitrogen and oxygen atoms in total. The molecule has 1 aromatic carbocycles. The molecule has 1 aromatic rings. The van der Waals surface area contributed by atoms with Crippen LogP contribution in [0.4, 0.5) is 4.79 Å². The van der Waals surface area contributed by atoms with E-state index < -0.39 is 45.8 Å². The average molecular weight is 470 g/mol. The van der Waals surface area contributed by atoms with E-state index in [2.05, 4.69) is 0 Å². The maximum absolute atomic E-state index is 12.5. The number of nitrogens with zero attached hydrogens (tertiary/aromatic N) is 2. The second-order valence-electron chi connectivity index (χ2n) is 8.57. The molecule has 2 unspecified atom stereocenters. The Balaban J connectivity index is 1.48. The lowest BCUT2D eigenvalue weighted by Gasteiger charge is -2.27. The van der Waals surface area contributed by atoms with Crippen molar-refractivity contribution < 1.29 is 36.0 Å². The van der Waals surface area contributed by atoms with Crippen LogP contribution in [0.15, 0.2) is 30.3 Å². The quantitative estimate of drug-likeness (QED) is 0.503. The van der Waals surface area contributed by atoms with Gasteiger partial charge in [-0.2, -0.15) is 13.5 Å². The Morgan fingerprint density at radius 3 is 2.53 bits per heavy atom. The van der Waals surface area contributed by atoms with Crippen LogP contribution >= 0.6 is 0 Å². The molecule has 176 valence electrons. The van der Waals surface area contributed by atoms with Gasteiger partial charge in [-0.15, -0.1) is 4.28 Å². The van der Waals surface area contributed by atoms with E-state index in [-0.39, 0.29) is 19.8 Å². The van der Waals surface area contributed by atoms with Crippen molar-refractivity contribution in [1.82, 2.24) is 9.96 Å². The second-order valence-corrected chi connectivity index (χ2v) is 9.77. The number of amides is 3. The molecular formula is C20H27N3O8S. The Morgan fingerprint density at radius 2 is 1.88 bits per heavy atom. The number of ether oxygens (including phenoxy) is 1. The Kier molecular flexibility index (Phi) is 7.06. The van der Waals surface area contributed by atoms with Crippen molar-refractivity contribution in [2.45, 2.75) is 45.2 Å². The highest BCUT2D eigenvalue weighted by molar-refractivity contribution is 7.81. The standard InChI is InChI=1S/C20H27N3O8S/c1-20(2,10-11-29-18(25)14-6-4-3-5-7-14)13-30-32(27,28)31-23-15-8-9-16(17(21)24)22(12-15)19(23)26/h3-7,15-16H,8-13H2,1-2H3,(H2,21,24). The number of fused-ring (bicyclic) bond motifs is 2. The minimum absolute atomic E-state index is 0.0706. The molecular weight excluding hydrogens is 442 g/mol. The van der Waals surface area contributed by atoms with Crippen LogP contribution in [0.1, 0.15) is 43.5 Å². The first-order valence-electron chi connectivity index (χ1n) is 10.2. The van der Waals surface area contributed by atoms with Gasteiger partial charge in [0.2, 0.25) is 5.91 Å². The van der Waals surface area contributed by atoms with Gasteiger partial charge in [0.05, 0.1) is 24.8 Å². The minimum Gasteiger partial charge on any atom is -0.462 e. The molecule has 3 amide bonds. The fourth-order valence-corrected chi connectivity index (χ4v) is 4.42. The molecule has 32 heavy (non-hydrogen) atoms. The summed E-state index contributed by atoms with van der Waals surface area (Å²) in [5.74, 6) is -1.12. The van der Waals surface area contributed by atoms with E-state index in [9.17, 15) is 22.8 Å². The van der Waals surface area contributed by atoms with E-state index in [1.165, 1.54) is 4.90 Å². The summed E-state index contributed by atoms with van der Waals surface area (Å²) in [6.45, 7) is 3.46. The van der Waals surface area contributed by atoms with Gasteiger partial charge < -0.3 is 15.4 Å². The zero-order valence-corrected chi connectivity index (χ0v) is 18.7. The van der Waals surface area contributed by atoms with Gasteiger partial charge in [-0.25, -0.2) is 13.8 Å². The zero-order valence-electron chi connectivity index (χ0n) is 17.9. The van der Waals surface area contributed by atoms with E-state index in [0.717, 1.165) is 5.06 Å². The van der Waals surface area contributed by atoms with Crippen molar-refractivity contribution in [2.75, 3.05) is 19.8 Å². The highest BCUT2D eigenvalue weighted by Gasteiger charge is 2.49. The summed E-state index contributed by atoms with van der Waals surface area (Å²) in [5.41, 5.74) is 5.06. The molecule has 12 heteroatoms. The minimum atomic E-state index is -4.54. The monoisotopic (exact) mass is 469 g/mol. The van der Waals surface area contributed by atoms with Gasteiger partial charge in [0.1, 0.15) is 6.04 Å². The van der Waals surface area contributed by atoms with Gasteiger partial charge in [-0.3, -0.25) is 4.79 Å². The number of benzene rings is 1. The normalized spacial score (nSPS) is 21.0. The molecule has 0 spiro atoms. The molecule has 0 aliphatic carbocycles. The number of primary amides is 1. The lowest BCUT2D eigenvalue weighted by atomic mass is 9.91. The Hall–Kier alpha value is -2.70. The zero-order chi connectivity index (χ0) is 23.5. The molecule has 2 N–H and O–H groups in total. The Bertz CT molecular complexity index is 966. The van der Waals surface area contributed by atoms with Crippen molar-refractivity contribution >= 4 is 28.3 Å².